The zero-order valence-electron chi connectivity index (χ0n) is 11.0. The van der Waals surface area contributed by atoms with Crippen LogP contribution in [0.4, 0.5) is 5.69 Å². The molecule has 9 heteroatoms. The van der Waals surface area contributed by atoms with E-state index in [0.717, 1.165) is 25.1 Å². The second kappa shape index (κ2) is 5.81. The molecule has 20 heavy (non-hydrogen) atoms. The molecule has 1 atom stereocenters. The van der Waals surface area contributed by atoms with E-state index in [1.807, 2.05) is 0 Å². The number of hydrogen-bond acceptors (Lipinski definition) is 6. The Morgan fingerprint density at radius 1 is 1.50 bits per heavy atom. The summed E-state index contributed by atoms with van der Waals surface area (Å²) in [6.45, 7) is 0.830. The molecule has 1 saturated heterocycles. The minimum atomic E-state index is -3.69. The minimum absolute atomic E-state index is 0.122. The predicted molar refractivity (Wildman–Crippen MR) is 71.7 cm³/mol. The first-order valence-electron chi connectivity index (χ1n) is 6.23. The van der Waals surface area contributed by atoms with E-state index in [1.165, 1.54) is 10.4 Å². The topological polar surface area (TPSA) is 105 Å². The molecule has 110 valence electrons. The molecule has 8 nitrogen and oxygen atoms in total. The van der Waals surface area contributed by atoms with Crippen LogP contribution in [0.2, 0.25) is 0 Å². The van der Waals surface area contributed by atoms with E-state index < -0.39 is 14.9 Å². The predicted octanol–water partition coefficient (Wildman–Crippen LogP) is 0.362. The third-order valence-corrected chi connectivity index (χ3v) is 5.11. The van der Waals surface area contributed by atoms with Crippen LogP contribution in [0.15, 0.2) is 23.4 Å². The molecule has 1 fully saturated rings. The number of aromatic nitrogens is 1. The molecule has 0 spiro atoms. The smallest absolute Gasteiger partial charge is 0.287 e. The Morgan fingerprint density at radius 2 is 2.25 bits per heavy atom. The Hall–Kier alpha value is -1.58. The van der Waals surface area contributed by atoms with Crippen LogP contribution in [0.3, 0.4) is 0 Å². The second-order valence-corrected chi connectivity index (χ2v) is 6.49. The van der Waals surface area contributed by atoms with Gasteiger partial charge in [-0.3, -0.25) is 10.1 Å². The van der Waals surface area contributed by atoms with Crippen molar-refractivity contribution >= 4 is 15.7 Å². The SMILES string of the molecule is CNC1CCCN(S(=O)(=O)c2ccc([N+](=O)[O-])cn2)C1. The molecular weight excluding hydrogens is 284 g/mol. The van der Waals surface area contributed by atoms with Gasteiger partial charge in [0.25, 0.3) is 15.7 Å². The molecule has 1 N–H and O–H groups in total. The normalized spacial score (nSPS) is 20.8. The summed E-state index contributed by atoms with van der Waals surface area (Å²) in [5.41, 5.74) is -0.226. The van der Waals surface area contributed by atoms with Crippen LogP contribution in [0.25, 0.3) is 0 Å². The van der Waals surface area contributed by atoms with Crippen molar-refractivity contribution in [2.45, 2.75) is 23.9 Å². The summed E-state index contributed by atoms with van der Waals surface area (Å²) in [5, 5.41) is 13.5. The van der Waals surface area contributed by atoms with E-state index in [1.54, 1.807) is 7.05 Å². The second-order valence-electron chi connectivity index (χ2n) is 4.60. The highest BCUT2D eigenvalue weighted by Crippen LogP contribution is 2.20. The van der Waals surface area contributed by atoms with Gasteiger partial charge in [-0.05, 0) is 26.0 Å². The summed E-state index contributed by atoms with van der Waals surface area (Å²) < 4.78 is 26.2. The van der Waals surface area contributed by atoms with Crippen molar-refractivity contribution in [1.29, 1.82) is 0 Å². The van der Waals surface area contributed by atoms with Crippen molar-refractivity contribution in [2.75, 3.05) is 20.1 Å². The summed E-state index contributed by atoms with van der Waals surface area (Å²) in [6, 6.07) is 2.45. The van der Waals surface area contributed by atoms with Crippen molar-refractivity contribution in [1.82, 2.24) is 14.6 Å². The van der Waals surface area contributed by atoms with Gasteiger partial charge in [-0.1, -0.05) is 0 Å². The van der Waals surface area contributed by atoms with Gasteiger partial charge in [-0.15, -0.1) is 0 Å². The first-order chi connectivity index (χ1) is 9.45. The molecule has 1 unspecified atom stereocenters. The average molecular weight is 300 g/mol. The van der Waals surface area contributed by atoms with Crippen LogP contribution < -0.4 is 5.32 Å². The largest absolute Gasteiger partial charge is 0.316 e. The highest BCUT2D eigenvalue weighted by Gasteiger charge is 2.30. The number of sulfonamides is 1. The number of nitrogens with zero attached hydrogens (tertiary/aromatic N) is 3. The number of nitro groups is 1. The van der Waals surface area contributed by atoms with Gasteiger partial charge >= 0.3 is 0 Å². The Balaban J connectivity index is 2.23. The van der Waals surface area contributed by atoms with Crippen LogP contribution in [0.5, 0.6) is 0 Å². The van der Waals surface area contributed by atoms with E-state index in [4.69, 9.17) is 0 Å². The lowest BCUT2D eigenvalue weighted by Crippen LogP contribution is -2.47. The van der Waals surface area contributed by atoms with Gasteiger partial charge in [-0.2, -0.15) is 4.31 Å². The highest BCUT2D eigenvalue weighted by atomic mass is 32.2. The Bertz CT molecular complexity index is 587. The molecule has 1 aliphatic heterocycles. The van der Waals surface area contributed by atoms with Gasteiger partial charge < -0.3 is 5.32 Å². The average Bonchev–Trinajstić information content (AvgIpc) is 2.47. The summed E-state index contributed by atoms with van der Waals surface area (Å²) in [6.07, 6.45) is 2.67. The van der Waals surface area contributed by atoms with Gasteiger partial charge in [-0.25, -0.2) is 13.4 Å². The molecule has 0 radical (unpaired) electrons. The van der Waals surface area contributed by atoms with E-state index >= 15 is 0 Å². The van der Waals surface area contributed by atoms with Gasteiger partial charge in [0.05, 0.1) is 4.92 Å². The maximum atomic E-state index is 12.4. The molecule has 2 heterocycles. The molecule has 0 aromatic carbocycles. The molecule has 1 aliphatic rings. The van der Waals surface area contributed by atoms with E-state index in [9.17, 15) is 18.5 Å². The molecular formula is C11H16N4O4S. The zero-order valence-corrected chi connectivity index (χ0v) is 11.8. The maximum absolute atomic E-state index is 12.4. The molecule has 0 aliphatic carbocycles. The molecule has 1 aromatic heterocycles. The maximum Gasteiger partial charge on any atom is 0.287 e. The molecule has 0 saturated carbocycles. The van der Waals surface area contributed by atoms with Crippen molar-refractivity contribution in [2.24, 2.45) is 0 Å². The molecule has 0 bridgehead atoms. The number of rotatable bonds is 4. The Labute approximate surface area is 117 Å². The quantitative estimate of drug-likeness (QED) is 0.636. The van der Waals surface area contributed by atoms with Crippen LogP contribution >= 0.6 is 0 Å². The number of nitrogens with one attached hydrogen (secondary N) is 1. The summed E-state index contributed by atoms with van der Waals surface area (Å²) in [5.74, 6) is 0. The molecule has 0 amide bonds. The standard InChI is InChI=1S/C11H16N4O4S/c1-12-9-3-2-6-14(8-9)20(18,19)11-5-4-10(7-13-11)15(16)17/h4-5,7,9,12H,2-3,6,8H2,1H3. The minimum Gasteiger partial charge on any atom is -0.316 e. The van der Waals surface area contributed by atoms with Crippen LogP contribution in [-0.4, -0.2) is 48.8 Å². The number of likely N-dealkylation sites (N-methyl/N-ethyl adjacent to an activating group) is 1. The lowest BCUT2D eigenvalue weighted by molar-refractivity contribution is -0.385. The lowest BCUT2D eigenvalue weighted by Gasteiger charge is -2.31. The van der Waals surface area contributed by atoms with E-state index in [-0.39, 0.29) is 16.8 Å². The van der Waals surface area contributed by atoms with Crippen LogP contribution in [0.1, 0.15) is 12.8 Å². The fourth-order valence-electron chi connectivity index (χ4n) is 2.16. The number of hydrogen-bond donors (Lipinski definition) is 1. The monoisotopic (exact) mass is 300 g/mol. The summed E-state index contributed by atoms with van der Waals surface area (Å²) in [7, 11) is -1.89. The van der Waals surface area contributed by atoms with Crippen molar-refractivity contribution in [3.8, 4) is 0 Å². The zero-order chi connectivity index (χ0) is 14.8. The fourth-order valence-corrected chi connectivity index (χ4v) is 3.60. The van der Waals surface area contributed by atoms with Gasteiger partial charge in [0.15, 0.2) is 5.03 Å². The fraction of sp³-hybridized carbons (Fsp3) is 0.545. The number of piperidine rings is 1. The van der Waals surface area contributed by atoms with Crippen LogP contribution in [-0.2, 0) is 10.0 Å². The summed E-state index contributed by atoms with van der Waals surface area (Å²) in [4.78, 5) is 13.6. The molecule has 2 rings (SSSR count). The lowest BCUT2D eigenvalue weighted by atomic mass is 10.1. The van der Waals surface area contributed by atoms with Gasteiger partial charge in [0, 0.05) is 25.2 Å². The van der Waals surface area contributed by atoms with Gasteiger partial charge in [0.2, 0.25) is 0 Å². The Morgan fingerprint density at radius 3 is 2.80 bits per heavy atom. The van der Waals surface area contributed by atoms with Crippen LogP contribution in [0, 0.1) is 10.1 Å². The highest BCUT2D eigenvalue weighted by molar-refractivity contribution is 7.89. The third-order valence-electron chi connectivity index (χ3n) is 3.33. The summed E-state index contributed by atoms with van der Waals surface area (Å²) >= 11 is 0. The number of pyridine rings is 1. The van der Waals surface area contributed by atoms with Crippen molar-refractivity contribution < 1.29 is 13.3 Å². The van der Waals surface area contributed by atoms with E-state index in [0.29, 0.717) is 13.1 Å². The van der Waals surface area contributed by atoms with Gasteiger partial charge in [0.1, 0.15) is 6.20 Å². The first kappa shape index (κ1) is 14.8. The van der Waals surface area contributed by atoms with Crippen molar-refractivity contribution in [3.63, 3.8) is 0 Å². The third kappa shape index (κ3) is 2.94. The Kier molecular flexibility index (Phi) is 4.31. The molecule has 1 aromatic rings. The first-order valence-corrected chi connectivity index (χ1v) is 7.67. The van der Waals surface area contributed by atoms with Crippen molar-refractivity contribution in [3.05, 3.63) is 28.4 Å². The van der Waals surface area contributed by atoms with E-state index in [2.05, 4.69) is 10.3 Å².